The summed E-state index contributed by atoms with van der Waals surface area (Å²) < 4.78 is 2.83. The smallest absolute Gasteiger partial charge is 0.229 e. The van der Waals surface area contributed by atoms with Gasteiger partial charge in [-0.05, 0) is 44.0 Å². The molecule has 0 radical (unpaired) electrons. The third-order valence-corrected chi connectivity index (χ3v) is 6.21. The molecule has 1 saturated heterocycles. The summed E-state index contributed by atoms with van der Waals surface area (Å²) in [5, 5.41) is 8.32. The van der Waals surface area contributed by atoms with Crippen molar-refractivity contribution < 1.29 is 4.79 Å². The van der Waals surface area contributed by atoms with Gasteiger partial charge in [0.05, 0.1) is 21.1 Å². The van der Waals surface area contributed by atoms with E-state index in [1.807, 2.05) is 43.5 Å². The molecule has 5 rings (SSSR count). The summed E-state index contributed by atoms with van der Waals surface area (Å²) in [6, 6.07) is 9.66. The number of thiazole rings is 1. The molecule has 1 aliphatic rings. The van der Waals surface area contributed by atoms with Gasteiger partial charge in [0.15, 0.2) is 5.82 Å². The minimum atomic E-state index is -0.102. The van der Waals surface area contributed by atoms with Crippen LogP contribution >= 0.6 is 11.3 Å². The fourth-order valence-electron chi connectivity index (χ4n) is 3.80. The zero-order valence-corrected chi connectivity index (χ0v) is 17.3. The summed E-state index contributed by atoms with van der Waals surface area (Å²) in [6.07, 6.45) is 6.90. The Hall–Kier alpha value is -3.33. The van der Waals surface area contributed by atoms with Gasteiger partial charge in [-0.2, -0.15) is 5.10 Å². The van der Waals surface area contributed by atoms with Crippen molar-refractivity contribution in [2.45, 2.75) is 19.8 Å². The molecule has 1 fully saturated rings. The molecular weight excluding hydrogens is 398 g/mol. The molecule has 1 amide bonds. The van der Waals surface area contributed by atoms with E-state index < -0.39 is 0 Å². The van der Waals surface area contributed by atoms with E-state index in [0.717, 1.165) is 46.1 Å². The Bertz CT molecular complexity index is 1190. The maximum absolute atomic E-state index is 12.9. The van der Waals surface area contributed by atoms with Gasteiger partial charge in [-0.15, -0.1) is 11.3 Å². The lowest BCUT2D eigenvalue weighted by Crippen LogP contribution is -2.41. The fraction of sp³-hybridized carbons (Fsp3) is 0.286. The van der Waals surface area contributed by atoms with E-state index in [2.05, 4.69) is 30.3 Å². The number of carbonyl (C=O) groups excluding carboxylic acids is 1. The number of hydrogen-bond acceptors (Lipinski definition) is 7. The van der Waals surface area contributed by atoms with Gasteiger partial charge in [-0.3, -0.25) is 4.79 Å². The highest BCUT2D eigenvalue weighted by molar-refractivity contribution is 7.18. The van der Waals surface area contributed by atoms with Crippen molar-refractivity contribution >= 4 is 39.0 Å². The van der Waals surface area contributed by atoms with Gasteiger partial charge in [0, 0.05) is 37.2 Å². The Morgan fingerprint density at radius 3 is 3.00 bits per heavy atom. The number of hydrogen-bond donors (Lipinski definition) is 1. The van der Waals surface area contributed by atoms with Crippen LogP contribution in [0.1, 0.15) is 17.8 Å². The number of aromatic nitrogens is 5. The van der Waals surface area contributed by atoms with Gasteiger partial charge in [0.25, 0.3) is 0 Å². The highest BCUT2D eigenvalue weighted by Gasteiger charge is 2.27. The molecule has 1 aromatic carbocycles. The number of nitrogens with zero attached hydrogens (tertiary/aromatic N) is 6. The Balaban J connectivity index is 1.30. The highest BCUT2D eigenvalue weighted by Crippen LogP contribution is 2.26. The molecule has 3 aromatic heterocycles. The van der Waals surface area contributed by atoms with E-state index in [0.29, 0.717) is 12.4 Å². The van der Waals surface area contributed by atoms with Crippen LogP contribution < -0.4 is 10.2 Å². The van der Waals surface area contributed by atoms with Crippen LogP contribution in [0.2, 0.25) is 0 Å². The molecule has 0 aliphatic carbocycles. The molecule has 1 atom stereocenters. The van der Waals surface area contributed by atoms with Gasteiger partial charge in [0.1, 0.15) is 12.1 Å². The van der Waals surface area contributed by atoms with Gasteiger partial charge in [0.2, 0.25) is 5.91 Å². The first kappa shape index (κ1) is 18.7. The normalized spacial score (nSPS) is 16.7. The largest absolute Gasteiger partial charge is 0.356 e. The number of anilines is 2. The number of aryl methyl sites for hydroxylation is 1. The van der Waals surface area contributed by atoms with Gasteiger partial charge < -0.3 is 10.2 Å². The zero-order chi connectivity index (χ0) is 20.5. The van der Waals surface area contributed by atoms with Crippen molar-refractivity contribution in [1.82, 2.24) is 24.7 Å². The molecule has 8 nitrogen and oxygen atoms in total. The number of amides is 1. The van der Waals surface area contributed by atoms with Crippen molar-refractivity contribution in [3.63, 3.8) is 0 Å². The van der Waals surface area contributed by atoms with Crippen LogP contribution in [0.25, 0.3) is 16.0 Å². The first-order valence-corrected chi connectivity index (χ1v) is 10.7. The van der Waals surface area contributed by atoms with Crippen LogP contribution in [0, 0.1) is 12.8 Å². The molecular formula is C21H21N7OS. The lowest BCUT2D eigenvalue weighted by atomic mass is 9.97. The molecule has 1 aliphatic heterocycles. The second-order valence-electron chi connectivity index (χ2n) is 7.37. The van der Waals surface area contributed by atoms with Crippen molar-refractivity contribution in [2.75, 3.05) is 23.3 Å². The van der Waals surface area contributed by atoms with E-state index in [-0.39, 0.29) is 11.8 Å². The first-order chi connectivity index (χ1) is 14.7. The number of rotatable bonds is 4. The summed E-state index contributed by atoms with van der Waals surface area (Å²) in [5.74, 6) is 1.46. The summed E-state index contributed by atoms with van der Waals surface area (Å²) in [6.45, 7) is 3.48. The van der Waals surface area contributed by atoms with Crippen LogP contribution in [-0.2, 0) is 4.79 Å². The van der Waals surface area contributed by atoms with Crippen molar-refractivity contribution in [2.24, 2.45) is 5.92 Å². The maximum Gasteiger partial charge on any atom is 0.229 e. The summed E-state index contributed by atoms with van der Waals surface area (Å²) in [5.41, 5.74) is 1.71. The SMILES string of the molecule is Cc1nc2cc(NC(=O)[C@@H]3CCCN(c4cc(-n5cccn5)ncn4)C3)ccc2s1. The maximum atomic E-state index is 12.9. The molecule has 152 valence electrons. The van der Waals surface area contributed by atoms with Crippen LogP contribution in [-0.4, -0.2) is 43.7 Å². The number of benzene rings is 1. The number of piperidine rings is 1. The second kappa shape index (κ2) is 7.83. The monoisotopic (exact) mass is 419 g/mol. The number of fused-ring (bicyclic) bond motifs is 1. The first-order valence-electron chi connectivity index (χ1n) is 9.91. The number of nitrogens with one attached hydrogen (secondary N) is 1. The van der Waals surface area contributed by atoms with Crippen molar-refractivity contribution in [1.29, 1.82) is 0 Å². The second-order valence-corrected chi connectivity index (χ2v) is 8.61. The lowest BCUT2D eigenvalue weighted by Gasteiger charge is -2.32. The summed E-state index contributed by atoms with van der Waals surface area (Å²) >= 11 is 1.66. The Morgan fingerprint density at radius 1 is 1.23 bits per heavy atom. The quantitative estimate of drug-likeness (QED) is 0.545. The fourth-order valence-corrected chi connectivity index (χ4v) is 4.61. The molecule has 4 aromatic rings. The molecule has 9 heteroatoms. The van der Waals surface area contributed by atoms with Crippen LogP contribution in [0.3, 0.4) is 0 Å². The third kappa shape index (κ3) is 3.76. The highest BCUT2D eigenvalue weighted by atomic mass is 32.1. The molecule has 0 spiro atoms. The molecule has 30 heavy (non-hydrogen) atoms. The van der Waals surface area contributed by atoms with Crippen LogP contribution in [0.4, 0.5) is 11.5 Å². The van der Waals surface area contributed by atoms with Gasteiger partial charge in [-0.1, -0.05) is 0 Å². The van der Waals surface area contributed by atoms with E-state index in [1.54, 1.807) is 28.5 Å². The predicted molar refractivity (Wildman–Crippen MR) is 117 cm³/mol. The molecule has 1 N–H and O–H groups in total. The number of carbonyl (C=O) groups is 1. The zero-order valence-electron chi connectivity index (χ0n) is 16.5. The lowest BCUT2D eigenvalue weighted by molar-refractivity contribution is -0.120. The third-order valence-electron chi connectivity index (χ3n) is 5.26. The Morgan fingerprint density at radius 2 is 2.13 bits per heavy atom. The van der Waals surface area contributed by atoms with Gasteiger partial charge in [-0.25, -0.2) is 19.6 Å². The molecule has 0 unspecified atom stereocenters. The summed E-state index contributed by atoms with van der Waals surface area (Å²) in [7, 11) is 0. The molecule has 0 bridgehead atoms. The Labute approximate surface area is 177 Å². The molecule has 0 saturated carbocycles. The predicted octanol–water partition coefficient (Wildman–Crippen LogP) is 3.44. The van der Waals surface area contributed by atoms with Crippen molar-refractivity contribution in [3.05, 3.63) is 54.1 Å². The van der Waals surface area contributed by atoms with Gasteiger partial charge >= 0.3 is 0 Å². The van der Waals surface area contributed by atoms with Crippen LogP contribution in [0.5, 0.6) is 0 Å². The topological polar surface area (TPSA) is 88.8 Å². The minimum absolute atomic E-state index is 0.0346. The van der Waals surface area contributed by atoms with E-state index in [4.69, 9.17) is 0 Å². The van der Waals surface area contributed by atoms with Crippen molar-refractivity contribution in [3.8, 4) is 5.82 Å². The molecule has 4 heterocycles. The average Bonchev–Trinajstić information content (AvgIpc) is 3.43. The van der Waals surface area contributed by atoms with Crippen LogP contribution in [0.15, 0.2) is 49.1 Å². The Kier molecular flexibility index (Phi) is 4.88. The minimum Gasteiger partial charge on any atom is -0.356 e. The van der Waals surface area contributed by atoms with E-state index >= 15 is 0 Å². The standard InChI is InChI=1S/C21H21N7OS/c1-14-25-17-10-16(5-6-18(17)30-14)26-21(29)15-4-2-8-27(12-15)19-11-20(23-13-22-19)28-9-3-7-24-28/h3,5-7,9-11,13,15H,2,4,8,12H2,1H3,(H,26,29)/t15-/m1/s1. The van der Waals surface area contributed by atoms with E-state index in [1.165, 1.54) is 0 Å². The average molecular weight is 420 g/mol. The summed E-state index contributed by atoms with van der Waals surface area (Å²) in [4.78, 5) is 28.3. The van der Waals surface area contributed by atoms with E-state index in [9.17, 15) is 4.79 Å².